The average Bonchev–Trinajstić information content (AvgIpc) is 3.27. The van der Waals surface area contributed by atoms with Gasteiger partial charge in [0.15, 0.2) is 0 Å². The molecule has 4 aromatic rings. The summed E-state index contributed by atoms with van der Waals surface area (Å²) < 4.78 is 0. The van der Waals surface area contributed by atoms with E-state index < -0.39 is 6.04 Å². The molecule has 1 atom stereocenters. The number of anilines is 1. The SMILES string of the molecule is O=C(Cc1csc(-c2ccccc2)n1)NC(C(=O)Nc1ccccc1)c1ccccc1. The van der Waals surface area contributed by atoms with Crippen molar-refractivity contribution in [1.82, 2.24) is 10.3 Å². The number of hydrogen-bond acceptors (Lipinski definition) is 4. The van der Waals surface area contributed by atoms with Crippen LogP contribution in [0.4, 0.5) is 5.69 Å². The van der Waals surface area contributed by atoms with E-state index in [1.165, 1.54) is 11.3 Å². The van der Waals surface area contributed by atoms with Crippen molar-refractivity contribution >= 4 is 28.8 Å². The number of hydrogen-bond donors (Lipinski definition) is 2. The second-order valence-electron chi connectivity index (χ2n) is 6.95. The van der Waals surface area contributed by atoms with E-state index in [-0.39, 0.29) is 18.2 Å². The predicted molar refractivity (Wildman–Crippen MR) is 124 cm³/mol. The Balaban J connectivity index is 1.47. The van der Waals surface area contributed by atoms with Crippen LogP contribution >= 0.6 is 11.3 Å². The number of aromatic nitrogens is 1. The normalized spacial score (nSPS) is 11.5. The van der Waals surface area contributed by atoms with Crippen LogP contribution in [-0.2, 0) is 16.0 Å². The molecule has 5 nitrogen and oxygen atoms in total. The van der Waals surface area contributed by atoms with Gasteiger partial charge in [-0.25, -0.2) is 4.98 Å². The van der Waals surface area contributed by atoms with E-state index in [1.807, 2.05) is 96.4 Å². The summed E-state index contributed by atoms with van der Waals surface area (Å²) in [7, 11) is 0. The second kappa shape index (κ2) is 9.82. The van der Waals surface area contributed by atoms with Crippen LogP contribution in [-0.4, -0.2) is 16.8 Å². The summed E-state index contributed by atoms with van der Waals surface area (Å²) in [6.45, 7) is 0. The van der Waals surface area contributed by atoms with Gasteiger partial charge >= 0.3 is 0 Å². The Labute approximate surface area is 184 Å². The van der Waals surface area contributed by atoms with Crippen molar-refractivity contribution in [1.29, 1.82) is 0 Å². The molecule has 2 N–H and O–H groups in total. The predicted octanol–water partition coefficient (Wildman–Crippen LogP) is 4.85. The van der Waals surface area contributed by atoms with Crippen LogP contribution in [0.25, 0.3) is 10.6 Å². The standard InChI is InChI=1S/C25H21N3O2S/c29-22(16-21-17-31-25(27-21)19-12-6-2-7-13-19)28-23(18-10-4-1-5-11-18)24(30)26-20-14-8-3-9-15-20/h1-15,17,23H,16H2,(H,26,30)(H,28,29). The van der Waals surface area contributed by atoms with Crippen molar-refractivity contribution < 1.29 is 9.59 Å². The van der Waals surface area contributed by atoms with E-state index in [1.54, 1.807) is 0 Å². The molecule has 0 aliphatic carbocycles. The smallest absolute Gasteiger partial charge is 0.251 e. The Morgan fingerprint density at radius 3 is 2.13 bits per heavy atom. The molecule has 0 aliphatic heterocycles. The van der Waals surface area contributed by atoms with E-state index in [4.69, 9.17) is 0 Å². The quantitative estimate of drug-likeness (QED) is 0.443. The van der Waals surface area contributed by atoms with E-state index in [2.05, 4.69) is 15.6 Å². The first-order valence-electron chi connectivity index (χ1n) is 9.89. The molecule has 6 heteroatoms. The Bertz CT molecular complexity index is 1150. The summed E-state index contributed by atoms with van der Waals surface area (Å²) >= 11 is 1.50. The zero-order valence-corrected chi connectivity index (χ0v) is 17.5. The van der Waals surface area contributed by atoms with Crippen molar-refractivity contribution in [2.75, 3.05) is 5.32 Å². The fraction of sp³-hybridized carbons (Fsp3) is 0.0800. The molecule has 31 heavy (non-hydrogen) atoms. The lowest BCUT2D eigenvalue weighted by molar-refractivity contribution is -0.126. The minimum Gasteiger partial charge on any atom is -0.340 e. The second-order valence-corrected chi connectivity index (χ2v) is 7.81. The van der Waals surface area contributed by atoms with Gasteiger partial charge in [-0.2, -0.15) is 0 Å². The molecule has 1 unspecified atom stereocenters. The van der Waals surface area contributed by atoms with Gasteiger partial charge in [-0.15, -0.1) is 11.3 Å². The molecule has 4 rings (SSSR count). The third-order valence-corrected chi connectivity index (χ3v) is 5.60. The highest BCUT2D eigenvalue weighted by Crippen LogP contribution is 2.24. The zero-order valence-electron chi connectivity index (χ0n) is 16.7. The molecule has 0 spiro atoms. The minimum absolute atomic E-state index is 0.102. The minimum atomic E-state index is -0.805. The number of rotatable bonds is 7. The van der Waals surface area contributed by atoms with Crippen LogP contribution in [0.1, 0.15) is 17.3 Å². The summed E-state index contributed by atoms with van der Waals surface area (Å²) in [5, 5.41) is 8.48. The summed E-state index contributed by atoms with van der Waals surface area (Å²) in [6.07, 6.45) is 0.102. The molecule has 1 heterocycles. The number of benzene rings is 3. The lowest BCUT2D eigenvalue weighted by atomic mass is 10.1. The highest BCUT2D eigenvalue weighted by atomic mass is 32.1. The molecule has 0 saturated heterocycles. The van der Waals surface area contributed by atoms with Gasteiger partial charge in [-0.05, 0) is 17.7 Å². The van der Waals surface area contributed by atoms with Gasteiger partial charge in [-0.1, -0.05) is 78.9 Å². The summed E-state index contributed by atoms with van der Waals surface area (Å²) in [5.74, 6) is -0.559. The van der Waals surface area contributed by atoms with Gasteiger partial charge in [-0.3, -0.25) is 9.59 Å². The van der Waals surface area contributed by atoms with Gasteiger partial charge < -0.3 is 10.6 Å². The summed E-state index contributed by atoms with van der Waals surface area (Å²) in [6, 6.07) is 27.4. The van der Waals surface area contributed by atoms with Gasteiger partial charge in [0.05, 0.1) is 12.1 Å². The molecule has 0 fully saturated rings. The number of nitrogens with one attached hydrogen (secondary N) is 2. The Morgan fingerprint density at radius 2 is 1.45 bits per heavy atom. The Kier molecular flexibility index (Phi) is 6.50. The molecule has 0 aliphatic rings. The maximum Gasteiger partial charge on any atom is 0.251 e. The maximum absolute atomic E-state index is 13.0. The number of carbonyl (C=O) groups is 2. The lowest BCUT2D eigenvalue weighted by Crippen LogP contribution is -2.37. The largest absolute Gasteiger partial charge is 0.340 e. The first kappa shape index (κ1) is 20.5. The van der Waals surface area contributed by atoms with E-state index in [0.29, 0.717) is 16.9 Å². The van der Waals surface area contributed by atoms with Crippen LogP contribution in [0.15, 0.2) is 96.4 Å². The van der Waals surface area contributed by atoms with Gasteiger partial charge in [0.2, 0.25) is 5.91 Å². The van der Waals surface area contributed by atoms with E-state index >= 15 is 0 Å². The van der Waals surface area contributed by atoms with Crippen LogP contribution in [0.5, 0.6) is 0 Å². The number of para-hydroxylation sites is 1. The molecule has 1 aromatic heterocycles. The molecular weight excluding hydrogens is 406 g/mol. The molecule has 0 saturated carbocycles. The molecular formula is C25H21N3O2S. The average molecular weight is 428 g/mol. The fourth-order valence-electron chi connectivity index (χ4n) is 3.16. The van der Waals surface area contributed by atoms with Crippen LogP contribution in [0.3, 0.4) is 0 Å². The summed E-state index contributed by atoms with van der Waals surface area (Å²) in [4.78, 5) is 30.3. The number of carbonyl (C=O) groups excluding carboxylic acids is 2. The Hall–Kier alpha value is -3.77. The number of thiazole rings is 1. The van der Waals surface area contributed by atoms with Gasteiger partial charge in [0.1, 0.15) is 11.0 Å². The molecule has 0 radical (unpaired) electrons. The van der Waals surface area contributed by atoms with E-state index in [0.717, 1.165) is 10.6 Å². The monoisotopic (exact) mass is 427 g/mol. The summed E-state index contributed by atoms with van der Waals surface area (Å²) in [5.41, 5.74) is 3.09. The highest BCUT2D eigenvalue weighted by Gasteiger charge is 2.23. The van der Waals surface area contributed by atoms with Crippen LogP contribution in [0, 0.1) is 0 Å². The lowest BCUT2D eigenvalue weighted by Gasteiger charge is -2.19. The topological polar surface area (TPSA) is 71.1 Å². The molecule has 0 bridgehead atoms. The Morgan fingerprint density at radius 1 is 0.839 bits per heavy atom. The first-order valence-corrected chi connectivity index (χ1v) is 10.8. The number of nitrogens with zero attached hydrogens (tertiary/aromatic N) is 1. The highest BCUT2D eigenvalue weighted by molar-refractivity contribution is 7.13. The van der Waals surface area contributed by atoms with Crippen molar-refractivity contribution in [3.63, 3.8) is 0 Å². The molecule has 2 amide bonds. The first-order chi connectivity index (χ1) is 15.2. The van der Waals surface area contributed by atoms with Crippen molar-refractivity contribution in [3.05, 3.63) is 108 Å². The van der Waals surface area contributed by atoms with Crippen LogP contribution in [0.2, 0.25) is 0 Å². The van der Waals surface area contributed by atoms with Gasteiger partial charge in [0.25, 0.3) is 5.91 Å². The van der Waals surface area contributed by atoms with Crippen molar-refractivity contribution in [3.8, 4) is 10.6 Å². The third kappa shape index (κ3) is 5.43. The third-order valence-electron chi connectivity index (χ3n) is 4.66. The molecule has 154 valence electrons. The molecule has 3 aromatic carbocycles. The van der Waals surface area contributed by atoms with Crippen molar-refractivity contribution in [2.45, 2.75) is 12.5 Å². The fourth-order valence-corrected chi connectivity index (χ4v) is 3.99. The maximum atomic E-state index is 13.0. The number of amides is 2. The van der Waals surface area contributed by atoms with Gasteiger partial charge in [0, 0.05) is 16.6 Å². The zero-order chi connectivity index (χ0) is 21.5. The van der Waals surface area contributed by atoms with E-state index in [9.17, 15) is 9.59 Å². The van der Waals surface area contributed by atoms with Crippen molar-refractivity contribution in [2.24, 2.45) is 0 Å². The van der Waals surface area contributed by atoms with Crippen LogP contribution < -0.4 is 10.6 Å².